The molecule has 0 spiro atoms. The van der Waals surface area contributed by atoms with Crippen molar-refractivity contribution >= 4 is 29.0 Å². The van der Waals surface area contributed by atoms with E-state index >= 15 is 0 Å². The quantitative estimate of drug-likeness (QED) is 0.223. The van der Waals surface area contributed by atoms with Gasteiger partial charge in [-0.2, -0.15) is 0 Å². The molecular weight excluding hydrogens is 364 g/mol. The van der Waals surface area contributed by atoms with Crippen LogP contribution in [0.2, 0.25) is 0 Å². The highest BCUT2D eigenvalue weighted by Crippen LogP contribution is 2.29. The number of benzene rings is 2. The Hall–Kier alpha value is -3.41. The molecule has 3 rings (SSSR count). The van der Waals surface area contributed by atoms with Crippen molar-refractivity contribution < 1.29 is 9.53 Å². The third kappa shape index (κ3) is 5.54. The first-order chi connectivity index (χ1) is 14.1. The van der Waals surface area contributed by atoms with Crippen LogP contribution >= 0.6 is 0 Å². The predicted molar refractivity (Wildman–Crippen MR) is 117 cm³/mol. The summed E-state index contributed by atoms with van der Waals surface area (Å²) in [5.74, 6) is 1.44. The SMILES string of the molecule is CC(C)CCCOc1ccc(-c2cc(NC(=N)NC=O)c3ccccc3n2)cc1. The van der Waals surface area contributed by atoms with Crippen LogP contribution in [0.3, 0.4) is 0 Å². The molecule has 6 heteroatoms. The number of anilines is 1. The summed E-state index contributed by atoms with van der Waals surface area (Å²) in [6.45, 7) is 5.14. The molecule has 0 bridgehead atoms. The fourth-order valence-electron chi connectivity index (χ4n) is 3.06. The molecule has 0 radical (unpaired) electrons. The molecule has 0 saturated heterocycles. The number of carbonyl (C=O) groups is 1. The number of fused-ring (bicyclic) bond motifs is 1. The van der Waals surface area contributed by atoms with E-state index in [1.807, 2.05) is 54.6 Å². The van der Waals surface area contributed by atoms with E-state index in [0.29, 0.717) is 24.6 Å². The first kappa shape index (κ1) is 20.3. The lowest BCUT2D eigenvalue weighted by molar-refractivity contribution is -0.108. The Morgan fingerprint density at radius 1 is 1.17 bits per heavy atom. The van der Waals surface area contributed by atoms with Crippen LogP contribution in [0.4, 0.5) is 5.69 Å². The van der Waals surface area contributed by atoms with E-state index in [0.717, 1.165) is 40.8 Å². The Labute approximate surface area is 170 Å². The van der Waals surface area contributed by atoms with Crippen molar-refractivity contribution in [3.63, 3.8) is 0 Å². The van der Waals surface area contributed by atoms with Crippen molar-refractivity contribution in [2.75, 3.05) is 11.9 Å². The molecule has 3 N–H and O–H groups in total. The fourth-order valence-corrected chi connectivity index (χ4v) is 3.06. The van der Waals surface area contributed by atoms with E-state index in [1.54, 1.807) is 0 Å². The average molecular weight is 390 g/mol. The molecule has 0 atom stereocenters. The van der Waals surface area contributed by atoms with Crippen molar-refractivity contribution in [1.82, 2.24) is 10.3 Å². The minimum absolute atomic E-state index is 0.0903. The molecule has 29 heavy (non-hydrogen) atoms. The third-order valence-electron chi connectivity index (χ3n) is 4.52. The van der Waals surface area contributed by atoms with Gasteiger partial charge in [0.2, 0.25) is 6.41 Å². The molecule has 1 aromatic heterocycles. The Kier molecular flexibility index (Phi) is 6.79. The summed E-state index contributed by atoms with van der Waals surface area (Å²) < 4.78 is 5.82. The molecule has 1 heterocycles. The number of guanidine groups is 1. The topological polar surface area (TPSA) is 87.1 Å². The second-order valence-electron chi connectivity index (χ2n) is 7.24. The van der Waals surface area contributed by atoms with Crippen LogP contribution in [0.15, 0.2) is 54.6 Å². The Bertz CT molecular complexity index is 984. The van der Waals surface area contributed by atoms with Gasteiger partial charge in [0.1, 0.15) is 5.75 Å². The summed E-state index contributed by atoms with van der Waals surface area (Å²) in [6.07, 6.45) is 2.67. The van der Waals surface area contributed by atoms with Gasteiger partial charge in [0.05, 0.1) is 23.5 Å². The highest BCUT2D eigenvalue weighted by atomic mass is 16.5. The predicted octanol–water partition coefficient (Wildman–Crippen LogP) is 4.81. The maximum atomic E-state index is 10.6. The minimum Gasteiger partial charge on any atom is -0.494 e. The zero-order valence-corrected chi connectivity index (χ0v) is 16.7. The van der Waals surface area contributed by atoms with Crippen LogP contribution in [-0.2, 0) is 4.79 Å². The number of ether oxygens (including phenoxy) is 1. The smallest absolute Gasteiger partial charge is 0.213 e. The zero-order chi connectivity index (χ0) is 20.6. The molecule has 3 aromatic rings. The second-order valence-corrected chi connectivity index (χ2v) is 7.24. The summed E-state index contributed by atoms with van der Waals surface area (Å²) in [5.41, 5.74) is 3.24. The number of aromatic nitrogens is 1. The van der Waals surface area contributed by atoms with Gasteiger partial charge in [-0.3, -0.25) is 15.5 Å². The number of hydrogen-bond acceptors (Lipinski definition) is 4. The largest absolute Gasteiger partial charge is 0.494 e. The highest BCUT2D eigenvalue weighted by molar-refractivity contribution is 6.04. The number of amides is 1. The lowest BCUT2D eigenvalue weighted by Gasteiger charge is -2.13. The standard InChI is InChI=1S/C23H26N4O2/c1-16(2)6-5-13-29-18-11-9-17(10-12-18)21-14-22(27-23(24)25-15-28)19-7-3-4-8-20(19)26-21/h3-4,7-12,14-16H,5-6,13H2,1-2H3,(H3,24,25,26,27,28). The molecule has 6 nitrogen and oxygen atoms in total. The Morgan fingerprint density at radius 3 is 2.66 bits per heavy atom. The lowest BCUT2D eigenvalue weighted by atomic mass is 10.1. The van der Waals surface area contributed by atoms with Gasteiger partial charge < -0.3 is 10.1 Å². The number of pyridine rings is 1. The molecule has 2 aromatic carbocycles. The molecular formula is C23H26N4O2. The number of hydrogen-bond donors (Lipinski definition) is 3. The minimum atomic E-state index is -0.0903. The summed E-state index contributed by atoms with van der Waals surface area (Å²) in [4.78, 5) is 15.3. The van der Waals surface area contributed by atoms with Crippen LogP contribution < -0.4 is 15.4 Å². The molecule has 0 fully saturated rings. The maximum Gasteiger partial charge on any atom is 0.213 e. The van der Waals surface area contributed by atoms with Crippen LogP contribution in [0, 0.1) is 11.3 Å². The van der Waals surface area contributed by atoms with Gasteiger partial charge >= 0.3 is 0 Å². The summed E-state index contributed by atoms with van der Waals surface area (Å²) >= 11 is 0. The molecule has 0 aliphatic carbocycles. The van der Waals surface area contributed by atoms with E-state index in [1.165, 1.54) is 0 Å². The summed E-state index contributed by atoms with van der Waals surface area (Å²) in [6, 6.07) is 17.4. The Balaban J connectivity index is 1.81. The van der Waals surface area contributed by atoms with Gasteiger partial charge in [-0.25, -0.2) is 4.98 Å². The average Bonchev–Trinajstić information content (AvgIpc) is 2.71. The van der Waals surface area contributed by atoms with Crippen LogP contribution in [0.25, 0.3) is 22.2 Å². The van der Waals surface area contributed by atoms with Crippen molar-refractivity contribution in [1.29, 1.82) is 5.41 Å². The van der Waals surface area contributed by atoms with Crippen molar-refractivity contribution in [2.24, 2.45) is 5.92 Å². The third-order valence-corrected chi connectivity index (χ3v) is 4.52. The van der Waals surface area contributed by atoms with Gasteiger partial charge in [0.15, 0.2) is 5.96 Å². The van der Waals surface area contributed by atoms with Gasteiger partial charge in [-0.15, -0.1) is 0 Å². The van der Waals surface area contributed by atoms with Gasteiger partial charge in [0.25, 0.3) is 0 Å². The number of para-hydroxylation sites is 1. The zero-order valence-electron chi connectivity index (χ0n) is 16.7. The first-order valence-corrected chi connectivity index (χ1v) is 9.75. The summed E-state index contributed by atoms with van der Waals surface area (Å²) in [5, 5.41) is 13.9. The lowest BCUT2D eigenvalue weighted by Crippen LogP contribution is -2.28. The van der Waals surface area contributed by atoms with E-state index < -0.39 is 0 Å². The van der Waals surface area contributed by atoms with Gasteiger partial charge in [-0.1, -0.05) is 32.0 Å². The second kappa shape index (κ2) is 9.68. The number of rotatable bonds is 8. The number of nitrogens with zero attached hydrogens (tertiary/aromatic N) is 1. The van der Waals surface area contributed by atoms with E-state index in [2.05, 4.69) is 24.5 Å². The van der Waals surface area contributed by atoms with Crippen LogP contribution in [0.5, 0.6) is 5.75 Å². The molecule has 150 valence electrons. The summed E-state index contributed by atoms with van der Waals surface area (Å²) in [7, 11) is 0. The van der Waals surface area contributed by atoms with Crippen molar-refractivity contribution in [3.8, 4) is 17.0 Å². The maximum absolute atomic E-state index is 10.6. The first-order valence-electron chi connectivity index (χ1n) is 9.75. The number of carbonyl (C=O) groups excluding carboxylic acids is 1. The normalized spacial score (nSPS) is 10.7. The fraction of sp³-hybridized carbons (Fsp3) is 0.261. The van der Waals surface area contributed by atoms with Gasteiger partial charge in [-0.05, 0) is 55.2 Å². The Morgan fingerprint density at radius 2 is 1.93 bits per heavy atom. The van der Waals surface area contributed by atoms with Crippen LogP contribution in [0.1, 0.15) is 26.7 Å². The molecule has 0 aliphatic heterocycles. The van der Waals surface area contributed by atoms with E-state index in [-0.39, 0.29) is 5.96 Å². The van der Waals surface area contributed by atoms with Crippen molar-refractivity contribution in [2.45, 2.75) is 26.7 Å². The van der Waals surface area contributed by atoms with E-state index in [9.17, 15) is 4.79 Å². The number of nitrogens with one attached hydrogen (secondary N) is 3. The van der Waals surface area contributed by atoms with Crippen LogP contribution in [-0.4, -0.2) is 24.0 Å². The monoisotopic (exact) mass is 390 g/mol. The molecule has 0 aliphatic rings. The molecule has 0 saturated carbocycles. The molecule has 0 unspecified atom stereocenters. The van der Waals surface area contributed by atoms with E-state index in [4.69, 9.17) is 15.1 Å². The van der Waals surface area contributed by atoms with Crippen molar-refractivity contribution in [3.05, 3.63) is 54.6 Å². The molecule has 1 amide bonds. The highest BCUT2D eigenvalue weighted by Gasteiger charge is 2.09. The van der Waals surface area contributed by atoms with Gasteiger partial charge in [0, 0.05) is 10.9 Å².